The van der Waals surface area contributed by atoms with Gasteiger partial charge < -0.3 is 11.1 Å². The monoisotopic (exact) mass is 415 g/mol. The van der Waals surface area contributed by atoms with Gasteiger partial charge in [-0.2, -0.15) is 11.3 Å². The van der Waals surface area contributed by atoms with Gasteiger partial charge in [0.05, 0.1) is 0 Å². The second kappa shape index (κ2) is 9.04. The summed E-state index contributed by atoms with van der Waals surface area (Å²) in [5, 5.41) is 7.37. The van der Waals surface area contributed by atoms with Crippen LogP contribution in [0.4, 0.5) is 5.69 Å². The van der Waals surface area contributed by atoms with Gasteiger partial charge in [-0.1, -0.05) is 26.0 Å². The van der Waals surface area contributed by atoms with Gasteiger partial charge >= 0.3 is 0 Å². The van der Waals surface area contributed by atoms with Crippen molar-refractivity contribution in [2.24, 2.45) is 10.7 Å². The van der Waals surface area contributed by atoms with E-state index in [1.54, 1.807) is 11.3 Å². The molecule has 0 saturated heterocycles. The van der Waals surface area contributed by atoms with Crippen molar-refractivity contribution in [1.82, 2.24) is 0 Å². The molecule has 1 unspecified atom stereocenters. The minimum Gasteiger partial charge on any atom is -0.370 e. The molecule has 1 heterocycles. The molecule has 1 aromatic heterocycles. The molecule has 114 valence electrons. The first kappa shape index (κ1) is 18.0. The van der Waals surface area contributed by atoms with Crippen LogP contribution in [0.1, 0.15) is 30.9 Å². The lowest BCUT2D eigenvalue weighted by atomic mass is 10.1. The summed E-state index contributed by atoms with van der Waals surface area (Å²) in [5.74, 6) is 0.861. The Balaban J connectivity index is 0.00000220. The number of guanidine groups is 1. The van der Waals surface area contributed by atoms with E-state index in [-0.39, 0.29) is 24.0 Å². The Morgan fingerprint density at radius 2 is 2.00 bits per heavy atom. The number of nitrogens with zero attached hydrogens (tertiary/aromatic N) is 1. The van der Waals surface area contributed by atoms with Crippen molar-refractivity contribution >= 4 is 47.0 Å². The van der Waals surface area contributed by atoms with Crippen LogP contribution < -0.4 is 11.1 Å². The zero-order valence-corrected chi connectivity index (χ0v) is 15.5. The molecule has 1 aromatic carbocycles. The van der Waals surface area contributed by atoms with Gasteiger partial charge in [0.2, 0.25) is 0 Å². The smallest absolute Gasteiger partial charge is 0.193 e. The van der Waals surface area contributed by atoms with Gasteiger partial charge in [0, 0.05) is 18.2 Å². The van der Waals surface area contributed by atoms with E-state index in [2.05, 4.69) is 53.1 Å². The fourth-order valence-corrected chi connectivity index (χ4v) is 2.69. The summed E-state index contributed by atoms with van der Waals surface area (Å²) in [6.45, 7) is 5.00. The number of halogens is 1. The summed E-state index contributed by atoms with van der Waals surface area (Å²) in [6, 6.07) is 10.4. The Kier molecular flexibility index (Phi) is 7.74. The zero-order chi connectivity index (χ0) is 14.4. The Morgan fingerprint density at radius 3 is 2.57 bits per heavy atom. The number of hydrogen-bond donors (Lipinski definition) is 2. The topological polar surface area (TPSA) is 50.4 Å². The van der Waals surface area contributed by atoms with Gasteiger partial charge in [-0.05, 0) is 46.5 Å². The summed E-state index contributed by atoms with van der Waals surface area (Å²) in [6.07, 6.45) is 1.04. The SMILES string of the molecule is CCc1ccc(NC(N)=NCC(C)c2ccsc2)cc1.I. The molecule has 3 N–H and O–H groups in total. The van der Waals surface area contributed by atoms with Crippen LogP contribution in [0.5, 0.6) is 0 Å². The van der Waals surface area contributed by atoms with Crippen molar-refractivity contribution in [3.63, 3.8) is 0 Å². The molecule has 1 atom stereocenters. The molecular weight excluding hydrogens is 393 g/mol. The quantitative estimate of drug-likeness (QED) is 0.431. The first-order valence-electron chi connectivity index (χ1n) is 6.87. The van der Waals surface area contributed by atoms with Crippen LogP contribution in [0.25, 0.3) is 0 Å². The number of aryl methyl sites for hydroxylation is 1. The van der Waals surface area contributed by atoms with Gasteiger partial charge in [0.25, 0.3) is 0 Å². The third kappa shape index (κ3) is 5.67. The highest BCUT2D eigenvalue weighted by Gasteiger charge is 2.05. The molecule has 0 aliphatic rings. The third-order valence-electron chi connectivity index (χ3n) is 3.28. The number of hydrogen-bond acceptors (Lipinski definition) is 2. The predicted octanol–water partition coefficient (Wildman–Crippen LogP) is 4.46. The number of aliphatic imine (C=N–C) groups is 1. The normalized spacial score (nSPS) is 12.6. The van der Waals surface area contributed by atoms with Gasteiger partial charge in [-0.3, -0.25) is 4.99 Å². The van der Waals surface area contributed by atoms with E-state index in [0.29, 0.717) is 18.4 Å². The average Bonchev–Trinajstić information content (AvgIpc) is 3.00. The molecule has 0 aliphatic carbocycles. The lowest BCUT2D eigenvalue weighted by Gasteiger charge is -2.09. The molecule has 2 aromatic rings. The van der Waals surface area contributed by atoms with E-state index in [1.807, 2.05) is 12.1 Å². The van der Waals surface area contributed by atoms with Gasteiger partial charge in [-0.15, -0.1) is 24.0 Å². The molecule has 0 radical (unpaired) electrons. The van der Waals surface area contributed by atoms with Crippen LogP contribution in [0, 0.1) is 0 Å². The molecule has 0 bridgehead atoms. The highest BCUT2D eigenvalue weighted by molar-refractivity contribution is 14.0. The highest BCUT2D eigenvalue weighted by Crippen LogP contribution is 2.18. The predicted molar refractivity (Wildman–Crippen MR) is 104 cm³/mol. The zero-order valence-electron chi connectivity index (χ0n) is 12.4. The molecule has 2 rings (SSSR count). The maximum Gasteiger partial charge on any atom is 0.193 e. The molecule has 5 heteroatoms. The Hall–Kier alpha value is -1.08. The van der Waals surface area contributed by atoms with Gasteiger partial charge in [-0.25, -0.2) is 0 Å². The molecule has 0 saturated carbocycles. The van der Waals surface area contributed by atoms with Crippen LogP contribution in [0.3, 0.4) is 0 Å². The van der Waals surface area contributed by atoms with E-state index in [9.17, 15) is 0 Å². The first-order valence-corrected chi connectivity index (χ1v) is 7.81. The molecular formula is C16H22IN3S. The summed E-state index contributed by atoms with van der Waals surface area (Å²) < 4.78 is 0. The number of nitrogens with two attached hydrogens (primary N) is 1. The minimum absolute atomic E-state index is 0. The van der Waals surface area contributed by atoms with E-state index >= 15 is 0 Å². The van der Waals surface area contributed by atoms with Crippen LogP contribution in [-0.2, 0) is 6.42 Å². The Morgan fingerprint density at radius 1 is 1.29 bits per heavy atom. The van der Waals surface area contributed by atoms with Crippen molar-refractivity contribution in [3.8, 4) is 0 Å². The summed E-state index contributed by atoms with van der Waals surface area (Å²) >= 11 is 1.71. The largest absolute Gasteiger partial charge is 0.370 e. The highest BCUT2D eigenvalue weighted by atomic mass is 127. The number of thiophene rings is 1. The second-order valence-electron chi connectivity index (χ2n) is 4.86. The number of nitrogens with one attached hydrogen (secondary N) is 1. The fourth-order valence-electron chi connectivity index (χ4n) is 1.91. The molecule has 0 aliphatic heterocycles. The average molecular weight is 415 g/mol. The maximum atomic E-state index is 5.92. The minimum atomic E-state index is 0. The second-order valence-corrected chi connectivity index (χ2v) is 5.64. The van der Waals surface area contributed by atoms with Crippen molar-refractivity contribution in [2.75, 3.05) is 11.9 Å². The van der Waals surface area contributed by atoms with Crippen LogP contribution >= 0.6 is 35.3 Å². The van der Waals surface area contributed by atoms with E-state index in [0.717, 1.165) is 12.1 Å². The van der Waals surface area contributed by atoms with Gasteiger partial charge in [0.15, 0.2) is 5.96 Å². The molecule has 0 fully saturated rings. The molecule has 0 amide bonds. The van der Waals surface area contributed by atoms with Crippen LogP contribution in [0.2, 0.25) is 0 Å². The third-order valence-corrected chi connectivity index (χ3v) is 3.98. The molecule has 21 heavy (non-hydrogen) atoms. The van der Waals surface area contributed by atoms with Gasteiger partial charge in [0.1, 0.15) is 0 Å². The maximum absolute atomic E-state index is 5.92. The number of anilines is 1. The Bertz CT molecular complexity index is 549. The standard InChI is InChI=1S/C16H21N3S.HI/c1-3-13-4-6-15(7-5-13)19-16(17)18-10-12(2)14-8-9-20-11-14;/h4-9,11-12H,3,10H2,1-2H3,(H3,17,18,19);1H. The summed E-state index contributed by atoms with van der Waals surface area (Å²) in [4.78, 5) is 4.41. The van der Waals surface area contributed by atoms with Crippen molar-refractivity contribution in [3.05, 3.63) is 52.2 Å². The Labute approximate surface area is 147 Å². The van der Waals surface area contributed by atoms with E-state index < -0.39 is 0 Å². The summed E-state index contributed by atoms with van der Waals surface area (Å²) in [7, 11) is 0. The van der Waals surface area contributed by atoms with Crippen molar-refractivity contribution in [1.29, 1.82) is 0 Å². The number of rotatable bonds is 5. The van der Waals surface area contributed by atoms with Crippen molar-refractivity contribution in [2.45, 2.75) is 26.2 Å². The number of benzene rings is 1. The molecule has 0 spiro atoms. The van der Waals surface area contributed by atoms with E-state index in [4.69, 9.17) is 5.73 Å². The lowest BCUT2D eigenvalue weighted by Crippen LogP contribution is -2.23. The molecule has 3 nitrogen and oxygen atoms in total. The van der Waals surface area contributed by atoms with Crippen LogP contribution in [0.15, 0.2) is 46.1 Å². The fraction of sp³-hybridized carbons (Fsp3) is 0.312. The van der Waals surface area contributed by atoms with Crippen molar-refractivity contribution < 1.29 is 0 Å². The van der Waals surface area contributed by atoms with Crippen LogP contribution in [-0.4, -0.2) is 12.5 Å². The summed E-state index contributed by atoms with van der Waals surface area (Å²) in [5.41, 5.74) is 9.53. The lowest BCUT2D eigenvalue weighted by molar-refractivity contribution is 0.778. The van der Waals surface area contributed by atoms with E-state index in [1.165, 1.54) is 11.1 Å². The first-order chi connectivity index (χ1) is 9.69.